The highest BCUT2D eigenvalue weighted by Gasteiger charge is 2.14. The van der Waals surface area contributed by atoms with E-state index in [1.54, 1.807) is 23.9 Å². The summed E-state index contributed by atoms with van der Waals surface area (Å²) in [6.07, 6.45) is 1.57. The third-order valence-electron chi connectivity index (χ3n) is 3.42. The summed E-state index contributed by atoms with van der Waals surface area (Å²) in [6.45, 7) is 4.39. The first-order valence-corrected chi connectivity index (χ1v) is 6.66. The van der Waals surface area contributed by atoms with Gasteiger partial charge in [-0.2, -0.15) is 5.10 Å². The van der Waals surface area contributed by atoms with Crippen LogP contribution in [-0.2, 0) is 6.54 Å². The second-order valence-electron chi connectivity index (χ2n) is 5.14. The lowest BCUT2D eigenvalue weighted by Crippen LogP contribution is -2.05. The summed E-state index contributed by atoms with van der Waals surface area (Å²) < 4.78 is 1.74. The predicted molar refractivity (Wildman–Crippen MR) is 79.5 cm³/mol. The Bertz CT molecular complexity index is 819. The number of nitrogens with zero attached hydrogens (tertiary/aromatic N) is 3. The number of aromatic nitrogens is 3. The molecular weight excluding hydrogens is 266 g/mol. The molecule has 0 fully saturated rings. The molecule has 0 saturated carbocycles. The van der Waals surface area contributed by atoms with E-state index in [4.69, 9.17) is 0 Å². The number of pyridine rings is 1. The van der Waals surface area contributed by atoms with Crippen LogP contribution in [0.5, 0.6) is 0 Å². The number of rotatable bonds is 3. The van der Waals surface area contributed by atoms with E-state index in [1.807, 2.05) is 31.2 Å². The Hall–Kier alpha value is -2.69. The summed E-state index contributed by atoms with van der Waals surface area (Å²) in [7, 11) is 0. The van der Waals surface area contributed by atoms with Gasteiger partial charge in [-0.15, -0.1) is 0 Å². The fraction of sp³-hybridized carbons (Fsp3) is 0.188. The maximum atomic E-state index is 11.3. The smallest absolute Gasteiger partial charge is 0.336 e. The van der Waals surface area contributed by atoms with Gasteiger partial charge in [0.25, 0.3) is 0 Å². The number of hydrogen-bond acceptors (Lipinski definition) is 3. The van der Waals surface area contributed by atoms with Crippen LogP contribution in [0.3, 0.4) is 0 Å². The van der Waals surface area contributed by atoms with Gasteiger partial charge in [0, 0.05) is 5.69 Å². The van der Waals surface area contributed by atoms with Crippen molar-refractivity contribution in [1.82, 2.24) is 14.8 Å². The Morgan fingerprint density at radius 3 is 2.62 bits per heavy atom. The van der Waals surface area contributed by atoms with Crippen molar-refractivity contribution in [3.8, 4) is 0 Å². The van der Waals surface area contributed by atoms with Gasteiger partial charge in [-0.1, -0.05) is 29.8 Å². The normalized spacial score (nSPS) is 11.0. The van der Waals surface area contributed by atoms with Gasteiger partial charge in [0.1, 0.15) is 0 Å². The Kier molecular flexibility index (Phi) is 3.17. The second-order valence-corrected chi connectivity index (χ2v) is 5.14. The molecule has 0 amide bonds. The molecule has 3 aromatic rings. The van der Waals surface area contributed by atoms with E-state index in [2.05, 4.69) is 10.1 Å². The molecule has 2 aromatic heterocycles. The minimum Gasteiger partial charge on any atom is -0.478 e. The van der Waals surface area contributed by atoms with Crippen LogP contribution in [0.15, 0.2) is 36.5 Å². The number of fused-ring (bicyclic) bond motifs is 1. The third kappa shape index (κ3) is 2.50. The predicted octanol–water partition coefficient (Wildman–Crippen LogP) is 2.79. The molecule has 0 bridgehead atoms. The van der Waals surface area contributed by atoms with E-state index in [0.29, 0.717) is 23.3 Å². The van der Waals surface area contributed by atoms with Gasteiger partial charge in [0.2, 0.25) is 0 Å². The summed E-state index contributed by atoms with van der Waals surface area (Å²) in [5.41, 5.74) is 3.82. The van der Waals surface area contributed by atoms with Crippen molar-refractivity contribution in [1.29, 1.82) is 0 Å². The standard InChI is InChI=1S/C16H15N3O2/c1-10-3-5-12(6-4-10)9-19-15-14(8-17-19)13(16(20)21)7-11(2)18-15/h3-8H,9H2,1-2H3,(H,20,21). The van der Waals surface area contributed by atoms with Gasteiger partial charge in [-0.05, 0) is 25.5 Å². The van der Waals surface area contributed by atoms with Gasteiger partial charge in [-0.3, -0.25) is 0 Å². The monoisotopic (exact) mass is 281 g/mol. The summed E-state index contributed by atoms with van der Waals surface area (Å²) in [6, 6.07) is 9.74. The maximum absolute atomic E-state index is 11.3. The van der Waals surface area contributed by atoms with Crippen molar-refractivity contribution < 1.29 is 9.90 Å². The zero-order chi connectivity index (χ0) is 15.0. The van der Waals surface area contributed by atoms with Gasteiger partial charge in [0.05, 0.1) is 23.7 Å². The van der Waals surface area contributed by atoms with Crippen molar-refractivity contribution in [2.45, 2.75) is 20.4 Å². The van der Waals surface area contributed by atoms with E-state index in [9.17, 15) is 9.90 Å². The van der Waals surface area contributed by atoms with Crippen LogP contribution in [0.25, 0.3) is 11.0 Å². The summed E-state index contributed by atoms with van der Waals surface area (Å²) in [4.78, 5) is 15.7. The number of aromatic carboxylic acids is 1. The number of benzene rings is 1. The molecule has 1 N–H and O–H groups in total. The lowest BCUT2D eigenvalue weighted by atomic mass is 10.1. The first-order valence-electron chi connectivity index (χ1n) is 6.66. The zero-order valence-corrected chi connectivity index (χ0v) is 11.9. The van der Waals surface area contributed by atoms with Crippen LogP contribution in [-0.4, -0.2) is 25.8 Å². The molecule has 0 aliphatic rings. The van der Waals surface area contributed by atoms with Crippen molar-refractivity contribution in [2.24, 2.45) is 0 Å². The average Bonchev–Trinajstić information content (AvgIpc) is 2.83. The lowest BCUT2D eigenvalue weighted by Gasteiger charge is -2.05. The van der Waals surface area contributed by atoms with Crippen molar-refractivity contribution >= 4 is 17.0 Å². The lowest BCUT2D eigenvalue weighted by molar-refractivity contribution is 0.0699. The first kappa shape index (κ1) is 13.3. The van der Waals surface area contributed by atoms with Gasteiger partial charge in [0.15, 0.2) is 5.65 Å². The van der Waals surface area contributed by atoms with Crippen LogP contribution in [0, 0.1) is 13.8 Å². The Balaban J connectivity index is 2.07. The first-order chi connectivity index (χ1) is 10.0. The van der Waals surface area contributed by atoms with Crippen LogP contribution >= 0.6 is 0 Å². The van der Waals surface area contributed by atoms with Gasteiger partial charge in [-0.25, -0.2) is 14.5 Å². The molecule has 0 radical (unpaired) electrons. The van der Waals surface area contributed by atoms with Crippen molar-refractivity contribution in [2.75, 3.05) is 0 Å². The van der Waals surface area contributed by atoms with E-state index in [-0.39, 0.29) is 5.56 Å². The van der Waals surface area contributed by atoms with Crippen molar-refractivity contribution in [3.05, 3.63) is 58.9 Å². The molecule has 5 heteroatoms. The topological polar surface area (TPSA) is 68.0 Å². The molecule has 0 unspecified atom stereocenters. The molecule has 2 heterocycles. The number of aryl methyl sites for hydroxylation is 2. The molecule has 5 nitrogen and oxygen atoms in total. The Labute approximate surface area is 121 Å². The quantitative estimate of drug-likeness (QED) is 0.801. The molecule has 0 spiro atoms. The Morgan fingerprint density at radius 2 is 1.95 bits per heavy atom. The second kappa shape index (κ2) is 5.01. The van der Waals surface area contributed by atoms with Crippen LogP contribution in [0.2, 0.25) is 0 Å². The van der Waals surface area contributed by atoms with Crippen LogP contribution < -0.4 is 0 Å². The van der Waals surface area contributed by atoms with Crippen LogP contribution in [0.1, 0.15) is 27.2 Å². The summed E-state index contributed by atoms with van der Waals surface area (Å²) >= 11 is 0. The highest BCUT2D eigenvalue weighted by Crippen LogP contribution is 2.19. The van der Waals surface area contributed by atoms with E-state index >= 15 is 0 Å². The van der Waals surface area contributed by atoms with E-state index in [1.165, 1.54) is 5.56 Å². The molecule has 0 atom stereocenters. The highest BCUT2D eigenvalue weighted by atomic mass is 16.4. The van der Waals surface area contributed by atoms with Crippen molar-refractivity contribution in [3.63, 3.8) is 0 Å². The molecule has 0 aliphatic heterocycles. The zero-order valence-electron chi connectivity index (χ0n) is 11.9. The number of carboxylic acids is 1. The third-order valence-corrected chi connectivity index (χ3v) is 3.42. The Morgan fingerprint density at radius 1 is 1.24 bits per heavy atom. The highest BCUT2D eigenvalue weighted by molar-refractivity contribution is 6.01. The molecule has 3 rings (SSSR count). The largest absolute Gasteiger partial charge is 0.478 e. The maximum Gasteiger partial charge on any atom is 0.336 e. The number of carbonyl (C=O) groups is 1. The number of carboxylic acid groups (broad SMARTS) is 1. The molecule has 0 saturated heterocycles. The fourth-order valence-corrected chi connectivity index (χ4v) is 2.33. The molecular formula is C16H15N3O2. The fourth-order valence-electron chi connectivity index (χ4n) is 2.33. The minimum atomic E-state index is -0.958. The average molecular weight is 281 g/mol. The van der Waals surface area contributed by atoms with Gasteiger partial charge >= 0.3 is 5.97 Å². The minimum absolute atomic E-state index is 0.243. The molecule has 1 aromatic carbocycles. The summed E-state index contributed by atoms with van der Waals surface area (Å²) in [5.74, 6) is -0.958. The SMILES string of the molecule is Cc1ccc(Cn2ncc3c(C(=O)O)cc(C)nc32)cc1. The molecule has 21 heavy (non-hydrogen) atoms. The van der Waals surface area contributed by atoms with E-state index < -0.39 is 5.97 Å². The van der Waals surface area contributed by atoms with E-state index in [0.717, 1.165) is 5.56 Å². The molecule has 106 valence electrons. The van der Waals surface area contributed by atoms with Crippen LogP contribution in [0.4, 0.5) is 0 Å². The number of hydrogen-bond donors (Lipinski definition) is 1. The molecule has 0 aliphatic carbocycles. The van der Waals surface area contributed by atoms with Gasteiger partial charge < -0.3 is 5.11 Å². The summed E-state index contributed by atoms with van der Waals surface area (Å²) in [5, 5.41) is 14.1.